The second-order valence-electron chi connectivity index (χ2n) is 3.60. The van der Waals surface area contributed by atoms with Crippen molar-refractivity contribution in [1.29, 1.82) is 0 Å². The first-order valence-electron chi connectivity index (χ1n) is 4.95. The maximum Gasteiger partial charge on any atom is 0.161 e. The molecule has 16 heavy (non-hydrogen) atoms. The number of hydrogen-bond acceptors (Lipinski definition) is 4. The number of aryl methyl sites for hydroxylation is 1. The van der Waals surface area contributed by atoms with Gasteiger partial charge in [-0.3, -0.25) is 0 Å². The summed E-state index contributed by atoms with van der Waals surface area (Å²) < 4.78 is 0. The quantitative estimate of drug-likeness (QED) is 0.566. The number of hydroxylamine groups is 1. The van der Waals surface area contributed by atoms with Crippen LogP contribution >= 0.6 is 11.3 Å². The summed E-state index contributed by atoms with van der Waals surface area (Å²) in [6.45, 7) is 2.04. The number of hydrogen-bond donors (Lipinski definition) is 3. The van der Waals surface area contributed by atoms with Gasteiger partial charge in [0.2, 0.25) is 0 Å². The molecular formula is C12H13NO2S. The Morgan fingerprint density at radius 1 is 1.12 bits per heavy atom. The third kappa shape index (κ3) is 2.31. The monoisotopic (exact) mass is 235 g/mol. The number of aliphatic hydroxyl groups is 1. The standard InChI is InChI=1S/C12H13NO2S/c1-8-2-4-9(5-3-8)10-6-7-11(16-10)12(14)13-15/h2-7,12-15H,1H3. The second kappa shape index (κ2) is 4.76. The molecule has 84 valence electrons. The fourth-order valence-electron chi connectivity index (χ4n) is 1.44. The molecule has 4 heteroatoms. The topological polar surface area (TPSA) is 52.5 Å². The molecule has 0 aliphatic carbocycles. The van der Waals surface area contributed by atoms with E-state index in [0.717, 1.165) is 10.4 Å². The van der Waals surface area contributed by atoms with Crippen molar-refractivity contribution in [1.82, 2.24) is 5.48 Å². The molecule has 0 aliphatic heterocycles. The van der Waals surface area contributed by atoms with Gasteiger partial charge in [0, 0.05) is 4.88 Å². The highest BCUT2D eigenvalue weighted by Crippen LogP contribution is 2.30. The van der Waals surface area contributed by atoms with Gasteiger partial charge in [0.05, 0.1) is 4.88 Å². The lowest BCUT2D eigenvalue weighted by molar-refractivity contribution is 0.00289. The van der Waals surface area contributed by atoms with Gasteiger partial charge in [-0.1, -0.05) is 29.8 Å². The van der Waals surface area contributed by atoms with Crippen molar-refractivity contribution in [2.24, 2.45) is 0 Å². The molecule has 2 rings (SSSR count). The number of nitrogens with one attached hydrogen (secondary N) is 1. The predicted octanol–water partition coefficient (Wildman–Crippen LogP) is 2.69. The summed E-state index contributed by atoms with van der Waals surface area (Å²) in [5, 5.41) is 18.0. The highest BCUT2D eigenvalue weighted by molar-refractivity contribution is 7.15. The van der Waals surface area contributed by atoms with Crippen molar-refractivity contribution >= 4 is 11.3 Å². The minimum Gasteiger partial charge on any atom is -0.371 e. The minimum atomic E-state index is -1.01. The fourth-order valence-corrected chi connectivity index (χ4v) is 2.38. The van der Waals surface area contributed by atoms with Gasteiger partial charge in [-0.05, 0) is 24.6 Å². The Balaban J connectivity index is 2.28. The van der Waals surface area contributed by atoms with E-state index >= 15 is 0 Å². The molecule has 1 aromatic carbocycles. The van der Waals surface area contributed by atoms with Gasteiger partial charge in [-0.25, -0.2) is 0 Å². The Hall–Kier alpha value is -1.20. The van der Waals surface area contributed by atoms with Gasteiger partial charge in [0.1, 0.15) is 0 Å². The Morgan fingerprint density at radius 2 is 1.81 bits per heavy atom. The molecule has 0 bridgehead atoms. The van der Waals surface area contributed by atoms with Crippen molar-refractivity contribution in [2.75, 3.05) is 0 Å². The van der Waals surface area contributed by atoms with Crippen molar-refractivity contribution in [2.45, 2.75) is 13.2 Å². The van der Waals surface area contributed by atoms with Crippen LogP contribution in [0.5, 0.6) is 0 Å². The van der Waals surface area contributed by atoms with E-state index in [1.807, 2.05) is 30.6 Å². The maximum absolute atomic E-state index is 9.38. The van der Waals surface area contributed by atoms with Gasteiger partial charge in [-0.2, -0.15) is 5.48 Å². The first-order chi connectivity index (χ1) is 7.70. The van der Waals surface area contributed by atoms with Gasteiger partial charge >= 0.3 is 0 Å². The van der Waals surface area contributed by atoms with E-state index in [4.69, 9.17) is 5.21 Å². The summed E-state index contributed by atoms with van der Waals surface area (Å²) in [6, 6.07) is 11.9. The van der Waals surface area contributed by atoms with Crippen LogP contribution < -0.4 is 5.48 Å². The van der Waals surface area contributed by atoms with E-state index in [0.29, 0.717) is 4.88 Å². The molecule has 0 spiro atoms. The second-order valence-corrected chi connectivity index (χ2v) is 4.72. The zero-order chi connectivity index (χ0) is 11.5. The maximum atomic E-state index is 9.38. The summed E-state index contributed by atoms with van der Waals surface area (Å²) in [6.07, 6.45) is -1.01. The van der Waals surface area contributed by atoms with Crippen LogP contribution in [0.25, 0.3) is 10.4 Å². The van der Waals surface area contributed by atoms with Crippen molar-refractivity contribution in [3.05, 3.63) is 46.8 Å². The van der Waals surface area contributed by atoms with Gasteiger partial charge in [0.15, 0.2) is 6.23 Å². The molecule has 1 heterocycles. The lowest BCUT2D eigenvalue weighted by atomic mass is 10.1. The van der Waals surface area contributed by atoms with Crippen LogP contribution in [0.2, 0.25) is 0 Å². The number of thiophene rings is 1. The van der Waals surface area contributed by atoms with Crippen LogP contribution in [0.4, 0.5) is 0 Å². The summed E-state index contributed by atoms with van der Waals surface area (Å²) in [5.74, 6) is 0. The van der Waals surface area contributed by atoms with E-state index in [1.54, 1.807) is 6.07 Å². The van der Waals surface area contributed by atoms with Crippen LogP contribution in [0.15, 0.2) is 36.4 Å². The Labute approximate surface area is 98.0 Å². The molecule has 2 aromatic rings. The fraction of sp³-hybridized carbons (Fsp3) is 0.167. The Morgan fingerprint density at radius 3 is 2.44 bits per heavy atom. The van der Waals surface area contributed by atoms with Crippen LogP contribution in [0.3, 0.4) is 0 Å². The lowest BCUT2D eigenvalue weighted by Gasteiger charge is -2.03. The molecule has 1 unspecified atom stereocenters. The van der Waals surface area contributed by atoms with Gasteiger partial charge in [-0.15, -0.1) is 11.3 Å². The molecule has 3 N–H and O–H groups in total. The first-order valence-corrected chi connectivity index (χ1v) is 5.77. The molecule has 0 amide bonds. The zero-order valence-electron chi connectivity index (χ0n) is 8.84. The first kappa shape index (κ1) is 11.3. The molecule has 1 atom stereocenters. The molecule has 0 saturated carbocycles. The highest BCUT2D eigenvalue weighted by Gasteiger charge is 2.09. The average Bonchev–Trinajstić information content (AvgIpc) is 2.78. The molecule has 1 aromatic heterocycles. The summed E-state index contributed by atoms with van der Waals surface area (Å²) >= 11 is 1.45. The smallest absolute Gasteiger partial charge is 0.161 e. The minimum absolute atomic E-state index is 0.693. The Bertz CT molecular complexity index is 464. The highest BCUT2D eigenvalue weighted by atomic mass is 32.1. The molecule has 0 aliphatic rings. The predicted molar refractivity (Wildman–Crippen MR) is 64.4 cm³/mol. The van der Waals surface area contributed by atoms with E-state index in [-0.39, 0.29) is 0 Å². The summed E-state index contributed by atoms with van der Waals surface area (Å²) in [5.41, 5.74) is 4.16. The van der Waals surface area contributed by atoms with Crippen LogP contribution in [0.1, 0.15) is 16.7 Å². The molecule has 0 fully saturated rings. The average molecular weight is 235 g/mol. The van der Waals surface area contributed by atoms with Crippen LogP contribution in [0, 0.1) is 6.92 Å². The number of benzene rings is 1. The Kier molecular flexibility index (Phi) is 3.36. The normalized spacial score (nSPS) is 12.7. The van der Waals surface area contributed by atoms with E-state index < -0.39 is 6.23 Å². The van der Waals surface area contributed by atoms with Gasteiger partial charge in [0.25, 0.3) is 0 Å². The zero-order valence-corrected chi connectivity index (χ0v) is 9.66. The van der Waals surface area contributed by atoms with Crippen LogP contribution in [-0.2, 0) is 0 Å². The van der Waals surface area contributed by atoms with Crippen molar-refractivity contribution in [3.63, 3.8) is 0 Å². The summed E-state index contributed by atoms with van der Waals surface area (Å²) in [7, 11) is 0. The van der Waals surface area contributed by atoms with E-state index in [1.165, 1.54) is 16.9 Å². The number of aliphatic hydroxyl groups excluding tert-OH is 1. The van der Waals surface area contributed by atoms with Crippen molar-refractivity contribution < 1.29 is 10.3 Å². The third-order valence-corrected chi connectivity index (χ3v) is 3.54. The molecule has 3 nitrogen and oxygen atoms in total. The van der Waals surface area contributed by atoms with Gasteiger partial charge < -0.3 is 10.3 Å². The summed E-state index contributed by atoms with van der Waals surface area (Å²) in [4.78, 5) is 1.77. The molecule has 0 radical (unpaired) electrons. The van der Waals surface area contributed by atoms with Crippen molar-refractivity contribution in [3.8, 4) is 10.4 Å². The third-order valence-electron chi connectivity index (χ3n) is 2.35. The van der Waals surface area contributed by atoms with E-state index in [9.17, 15) is 5.11 Å². The van der Waals surface area contributed by atoms with E-state index in [2.05, 4.69) is 12.1 Å². The number of rotatable bonds is 3. The van der Waals surface area contributed by atoms with Crippen LogP contribution in [-0.4, -0.2) is 10.3 Å². The SMILES string of the molecule is Cc1ccc(-c2ccc(C(O)NO)s2)cc1. The lowest BCUT2D eigenvalue weighted by Crippen LogP contribution is -2.14. The molecule has 0 saturated heterocycles. The molecular weight excluding hydrogens is 222 g/mol. The largest absolute Gasteiger partial charge is 0.371 e.